The minimum absolute atomic E-state index is 0.636. The predicted molar refractivity (Wildman–Crippen MR) is 273 cm³/mol. The van der Waals surface area contributed by atoms with Crippen LogP contribution in [0.25, 0.3) is 22.3 Å². The molecule has 0 aliphatic rings. The van der Waals surface area contributed by atoms with Crippen LogP contribution in [0.15, 0.2) is 109 Å². The molecule has 0 fully saturated rings. The fourth-order valence-corrected chi connectivity index (χ4v) is 20.3. The van der Waals surface area contributed by atoms with E-state index in [-0.39, 0.29) is 0 Å². The Balaban J connectivity index is 1.41. The quantitative estimate of drug-likeness (QED) is 0.0331. The smallest absolute Gasteiger partial charge is 0.0654 e. The lowest BCUT2D eigenvalue weighted by Gasteiger charge is -2.40. The summed E-state index contributed by atoms with van der Waals surface area (Å²) in [6, 6.07) is 41.7. The number of hydrogen-bond acceptors (Lipinski definition) is 0. The second kappa shape index (κ2) is 29.9. The molecule has 4 rings (SSSR count). The fraction of sp³-hybridized carbons (Fsp3) is 0.579. The maximum absolute atomic E-state index is 2.84. The van der Waals surface area contributed by atoms with Crippen molar-refractivity contribution in [3.8, 4) is 22.3 Å². The van der Waals surface area contributed by atoms with Crippen molar-refractivity contribution in [1.29, 1.82) is 0 Å². The molecule has 0 amide bonds. The van der Waals surface area contributed by atoms with Crippen molar-refractivity contribution in [2.45, 2.75) is 187 Å². The number of rotatable bonds is 33. The van der Waals surface area contributed by atoms with Gasteiger partial charge in [-0.2, -0.15) is 0 Å². The highest BCUT2D eigenvalue weighted by Gasteiger charge is 2.47. The van der Waals surface area contributed by atoms with Crippen LogP contribution in [-0.4, -0.2) is 24.4 Å². The molecule has 2 atom stereocenters. The first-order valence-corrected chi connectivity index (χ1v) is 29.0. The normalized spacial score (nSPS) is 13.3. The summed E-state index contributed by atoms with van der Waals surface area (Å²) in [6.07, 6.45) is 37.1. The van der Waals surface area contributed by atoms with Crippen molar-refractivity contribution < 1.29 is 0 Å². The van der Waals surface area contributed by atoms with E-state index in [0.717, 1.165) is 5.92 Å². The highest BCUT2D eigenvalue weighted by molar-refractivity contribution is 7.91. The first kappa shape index (κ1) is 49.4. The Morgan fingerprint density at radius 3 is 1.14 bits per heavy atom. The first-order chi connectivity index (χ1) is 29.0. The average molecular weight is 834 g/mol. The zero-order valence-corrected chi connectivity index (χ0v) is 40.6. The van der Waals surface area contributed by atoms with Crippen LogP contribution in [-0.2, 0) is 0 Å². The van der Waals surface area contributed by atoms with Crippen LogP contribution in [0.1, 0.15) is 182 Å². The largest absolute Gasteiger partial charge is 0.0958 e. The molecule has 0 aliphatic heterocycles. The van der Waals surface area contributed by atoms with Gasteiger partial charge in [0.15, 0.2) is 0 Å². The summed E-state index contributed by atoms with van der Waals surface area (Å²) in [4.78, 5) is 0. The summed E-state index contributed by atoms with van der Waals surface area (Å²) in [6.45, 7) is 12.6. The molecule has 0 saturated carbocycles. The molecule has 0 heterocycles. The van der Waals surface area contributed by atoms with Crippen LogP contribution in [0.5, 0.6) is 0 Å². The minimum Gasteiger partial charge on any atom is -0.0654 e. The summed E-state index contributed by atoms with van der Waals surface area (Å²) in [7, 11) is -1.99. The monoisotopic (exact) mass is 834 g/mol. The molecule has 4 aromatic carbocycles. The van der Waals surface area contributed by atoms with Gasteiger partial charge in [0.25, 0.3) is 0 Å². The van der Waals surface area contributed by atoms with E-state index < -0.39 is 15.2 Å². The van der Waals surface area contributed by atoms with Crippen molar-refractivity contribution in [2.75, 3.05) is 19.0 Å². The molecule has 324 valence electrons. The van der Waals surface area contributed by atoms with Gasteiger partial charge in [0.05, 0.1) is 17.7 Å². The molecular formula is C57H87P2+. The lowest BCUT2D eigenvalue weighted by molar-refractivity contribution is 0.523. The molecule has 2 unspecified atom stereocenters. The van der Waals surface area contributed by atoms with E-state index in [2.05, 4.69) is 144 Å². The maximum Gasteiger partial charge on any atom is 0.0958 e. The average Bonchev–Trinajstić information content (AvgIpc) is 3.26. The van der Waals surface area contributed by atoms with Gasteiger partial charge >= 0.3 is 0 Å². The Hall–Kier alpha value is -2.26. The summed E-state index contributed by atoms with van der Waals surface area (Å²) in [5.74, 6) is 0.720. The molecule has 2 heteroatoms. The molecule has 0 saturated heterocycles. The first-order valence-electron chi connectivity index (χ1n) is 24.9. The summed E-state index contributed by atoms with van der Waals surface area (Å²) < 4.78 is 0. The van der Waals surface area contributed by atoms with E-state index in [1.165, 1.54) is 189 Å². The summed E-state index contributed by atoms with van der Waals surface area (Å²) in [5, 5.41) is 3.90. The summed E-state index contributed by atoms with van der Waals surface area (Å²) >= 11 is 0. The van der Waals surface area contributed by atoms with Gasteiger partial charge in [-0.1, -0.05) is 265 Å². The lowest BCUT2D eigenvalue weighted by Crippen LogP contribution is -2.29. The van der Waals surface area contributed by atoms with Crippen LogP contribution >= 0.6 is 15.2 Å². The third kappa shape index (κ3) is 17.9. The van der Waals surface area contributed by atoms with Gasteiger partial charge in [-0.3, -0.25) is 0 Å². The van der Waals surface area contributed by atoms with E-state index in [4.69, 9.17) is 0 Å². The van der Waals surface area contributed by atoms with Gasteiger partial charge in [0.2, 0.25) is 0 Å². The summed E-state index contributed by atoms with van der Waals surface area (Å²) in [5.41, 5.74) is 5.60. The third-order valence-corrected chi connectivity index (χ3v) is 22.5. The molecular weight excluding hydrogens is 747 g/mol. The van der Waals surface area contributed by atoms with Crippen molar-refractivity contribution >= 4 is 25.8 Å². The number of hydrogen-bond donors (Lipinski definition) is 0. The Morgan fingerprint density at radius 2 is 0.746 bits per heavy atom. The zero-order chi connectivity index (χ0) is 41.8. The zero-order valence-electron chi connectivity index (χ0n) is 38.8. The molecule has 0 aliphatic carbocycles. The number of benzene rings is 4. The predicted octanol–water partition coefficient (Wildman–Crippen LogP) is 18.5. The van der Waals surface area contributed by atoms with Gasteiger partial charge in [0, 0.05) is 13.9 Å². The Kier molecular flexibility index (Phi) is 25.0. The Bertz CT molecular complexity index is 1530. The molecule has 0 radical (unpaired) electrons. The Morgan fingerprint density at radius 1 is 0.407 bits per heavy atom. The van der Waals surface area contributed by atoms with Crippen LogP contribution in [0.4, 0.5) is 0 Å². The van der Waals surface area contributed by atoms with Crippen molar-refractivity contribution in [3.63, 3.8) is 0 Å². The van der Waals surface area contributed by atoms with Gasteiger partial charge in [-0.05, 0) is 72.4 Å². The lowest BCUT2D eigenvalue weighted by atomic mass is 10.0. The third-order valence-electron chi connectivity index (χ3n) is 12.9. The second-order valence-corrected chi connectivity index (χ2v) is 25.7. The highest BCUT2D eigenvalue weighted by atomic mass is 31.2. The van der Waals surface area contributed by atoms with Crippen LogP contribution in [0.2, 0.25) is 0 Å². The van der Waals surface area contributed by atoms with Gasteiger partial charge in [-0.15, -0.1) is 0 Å². The molecule has 4 aromatic rings. The Labute approximate surface area is 367 Å². The van der Waals surface area contributed by atoms with Gasteiger partial charge in [0.1, 0.15) is 0 Å². The minimum atomic E-state index is -1.35. The standard InChI is InChI=1S/C57H87P2/c1-6-8-10-11-12-13-14-15-16-17-18-19-20-21-22-23-24-25-26-38-48-59(5,49-50(3)4)57(47-29-9-7-2)58(55-45-36-34-43-53(55)51-39-30-27-31-40-51)56-46-37-35-44-54(56)52-41-32-28-33-42-52/h27-28,30-37,39-46,50,57H,6-26,29,38,47-49H2,1-5H3/q+1. The van der Waals surface area contributed by atoms with E-state index in [0.29, 0.717) is 5.40 Å². The highest BCUT2D eigenvalue weighted by Crippen LogP contribution is 2.72. The molecule has 0 nitrogen and oxygen atoms in total. The van der Waals surface area contributed by atoms with Crippen LogP contribution in [0.3, 0.4) is 0 Å². The van der Waals surface area contributed by atoms with E-state index >= 15 is 0 Å². The maximum atomic E-state index is 2.84. The van der Waals surface area contributed by atoms with E-state index in [1.54, 1.807) is 10.6 Å². The van der Waals surface area contributed by atoms with Crippen molar-refractivity contribution in [1.82, 2.24) is 0 Å². The topological polar surface area (TPSA) is 0 Å². The van der Waals surface area contributed by atoms with Crippen molar-refractivity contribution in [3.05, 3.63) is 109 Å². The van der Waals surface area contributed by atoms with Crippen molar-refractivity contribution in [2.24, 2.45) is 5.92 Å². The van der Waals surface area contributed by atoms with E-state index in [9.17, 15) is 0 Å². The fourth-order valence-electron chi connectivity index (χ4n) is 9.76. The molecule has 0 bridgehead atoms. The van der Waals surface area contributed by atoms with Crippen LogP contribution in [0, 0.1) is 5.92 Å². The van der Waals surface area contributed by atoms with E-state index in [1.807, 2.05) is 0 Å². The SMILES string of the molecule is CCCCCCCCCCCCCCCCCCCCCC[P+](C)(CC(C)C)C(CCCCC)P(c1ccccc1-c1ccccc1)c1ccccc1-c1ccccc1. The van der Waals surface area contributed by atoms with Gasteiger partial charge < -0.3 is 0 Å². The van der Waals surface area contributed by atoms with Crippen LogP contribution < -0.4 is 10.6 Å². The molecule has 0 spiro atoms. The molecule has 0 N–H and O–H groups in total. The molecule has 59 heavy (non-hydrogen) atoms. The van der Waals surface area contributed by atoms with Gasteiger partial charge in [-0.25, -0.2) is 0 Å². The molecule has 0 aromatic heterocycles. The number of unbranched alkanes of at least 4 members (excludes halogenated alkanes) is 21. The second-order valence-electron chi connectivity index (χ2n) is 18.6.